The molecule has 184 valence electrons. The number of benzene rings is 2. The summed E-state index contributed by atoms with van der Waals surface area (Å²) in [6, 6.07) is 20.0. The van der Waals surface area contributed by atoms with E-state index >= 15 is 0 Å². The minimum atomic E-state index is -0.246. The molecule has 0 radical (unpaired) electrons. The lowest BCUT2D eigenvalue weighted by atomic mass is 9.96. The molecule has 0 spiro atoms. The molecule has 0 aliphatic carbocycles. The molecule has 0 saturated heterocycles. The predicted molar refractivity (Wildman–Crippen MR) is 141 cm³/mol. The number of carbonyl (C=O) groups is 1. The summed E-state index contributed by atoms with van der Waals surface area (Å²) in [5.74, 6) is 7.48. The molecule has 0 amide bonds. The van der Waals surface area contributed by atoms with Gasteiger partial charge in [0.1, 0.15) is 12.4 Å². The van der Waals surface area contributed by atoms with Gasteiger partial charge < -0.3 is 9.47 Å². The summed E-state index contributed by atoms with van der Waals surface area (Å²) in [4.78, 5) is 16.6. The van der Waals surface area contributed by atoms with Crippen LogP contribution in [0.2, 0.25) is 0 Å². The minimum Gasteiger partial charge on any atom is -0.489 e. The van der Waals surface area contributed by atoms with Crippen LogP contribution < -0.4 is 4.74 Å². The van der Waals surface area contributed by atoms with E-state index in [2.05, 4.69) is 60.0 Å². The van der Waals surface area contributed by atoms with Crippen LogP contribution in [-0.4, -0.2) is 27.2 Å². The molecule has 4 aromatic rings. The summed E-state index contributed by atoms with van der Waals surface area (Å²) in [6.07, 6.45) is 2.17. The predicted octanol–water partition coefficient (Wildman–Crippen LogP) is 6.16. The van der Waals surface area contributed by atoms with E-state index in [9.17, 15) is 4.79 Å². The smallest absolute Gasteiger partial charge is 0.307 e. The highest BCUT2D eigenvalue weighted by Crippen LogP contribution is 2.24. The van der Waals surface area contributed by atoms with E-state index < -0.39 is 0 Å². The van der Waals surface area contributed by atoms with E-state index in [1.165, 1.54) is 5.56 Å². The maximum Gasteiger partial charge on any atom is 0.307 e. The summed E-state index contributed by atoms with van der Waals surface area (Å²) >= 11 is 0. The van der Waals surface area contributed by atoms with Crippen LogP contribution in [0.3, 0.4) is 0 Å². The van der Waals surface area contributed by atoms with Gasteiger partial charge in [-0.15, -0.1) is 11.0 Å². The molecule has 0 saturated carbocycles. The third kappa shape index (κ3) is 6.11. The minimum absolute atomic E-state index is 0.200. The van der Waals surface area contributed by atoms with Crippen molar-refractivity contribution in [3.05, 3.63) is 83.6 Å². The highest BCUT2D eigenvalue weighted by molar-refractivity contribution is 5.71. The second-order valence-electron chi connectivity index (χ2n) is 8.87. The Balaban J connectivity index is 1.42. The highest BCUT2D eigenvalue weighted by atomic mass is 16.5. The van der Waals surface area contributed by atoms with E-state index in [0.717, 1.165) is 28.1 Å². The number of nitrogens with zero attached hydrogens (tertiary/aromatic N) is 3. The fourth-order valence-electron chi connectivity index (χ4n) is 3.93. The maximum absolute atomic E-state index is 11.9. The second-order valence-corrected chi connectivity index (χ2v) is 8.87. The number of hydrogen-bond acceptors (Lipinski definition) is 5. The van der Waals surface area contributed by atoms with Crippen molar-refractivity contribution in [1.82, 2.24) is 14.6 Å². The quantitative estimate of drug-likeness (QED) is 0.212. The Morgan fingerprint density at radius 3 is 2.39 bits per heavy atom. The zero-order valence-corrected chi connectivity index (χ0v) is 21.2. The van der Waals surface area contributed by atoms with Gasteiger partial charge in [-0.05, 0) is 49.1 Å². The van der Waals surface area contributed by atoms with Crippen molar-refractivity contribution in [3.63, 3.8) is 0 Å². The molecule has 2 heterocycles. The van der Waals surface area contributed by atoms with Crippen molar-refractivity contribution in [2.75, 3.05) is 6.61 Å². The number of ether oxygens (including phenoxy) is 2. The molecular weight excluding hydrogens is 450 g/mol. The normalized spacial score (nSPS) is 11.7. The van der Waals surface area contributed by atoms with Crippen LogP contribution >= 0.6 is 0 Å². The van der Waals surface area contributed by atoms with Gasteiger partial charge in [0.2, 0.25) is 0 Å². The summed E-state index contributed by atoms with van der Waals surface area (Å²) in [5, 5.41) is 4.66. The number of fused-ring (bicyclic) bond motifs is 1. The molecule has 1 unspecified atom stereocenters. The zero-order chi connectivity index (χ0) is 25.5. The number of pyridine rings is 1. The third-order valence-electron chi connectivity index (χ3n) is 5.91. The summed E-state index contributed by atoms with van der Waals surface area (Å²) in [5.41, 5.74) is 5.02. The summed E-state index contributed by atoms with van der Waals surface area (Å²) in [6.45, 7) is 8.70. The first-order valence-corrected chi connectivity index (χ1v) is 12.2. The number of aromatic nitrogens is 3. The molecule has 0 aliphatic rings. The number of rotatable bonds is 9. The molecule has 0 bridgehead atoms. The summed E-state index contributed by atoms with van der Waals surface area (Å²) < 4.78 is 12.9. The van der Waals surface area contributed by atoms with Crippen LogP contribution in [0.5, 0.6) is 5.75 Å². The molecule has 36 heavy (non-hydrogen) atoms. The first-order valence-electron chi connectivity index (χ1n) is 12.2. The molecular formula is C30H31N3O3. The van der Waals surface area contributed by atoms with Crippen molar-refractivity contribution < 1.29 is 14.3 Å². The average Bonchev–Trinajstić information content (AvgIpc) is 3.31. The van der Waals surface area contributed by atoms with E-state index in [1.54, 1.807) is 18.4 Å². The van der Waals surface area contributed by atoms with Gasteiger partial charge in [0.05, 0.1) is 18.9 Å². The number of carbonyl (C=O) groups excluding carboxylic acids is 1. The lowest BCUT2D eigenvalue weighted by Crippen LogP contribution is -2.09. The van der Waals surface area contributed by atoms with E-state index in [-0.39, 0.29) is 18.3 Å². The van der Waals surface area contributed by atoms with E-state index in [0.29, 0.717) is 25.0 Å². The molecule has 0 N–H and O–H groups in total. The Hall–Kier alpha value is -4.11. The van der Waals surface area contributed by atoms with E-state index in [4.69, 9.17) is 9.47 Å². The second kappa shape index (κ2) is 11.5. The molecule has 1 atom stereocenters. The van der Waals surface area contributed by atoms with Gasteiger partial charge in [-0.1, -0.05) is 62.2 Å². The standard InChI is InChI=1S/C30H31N3O3/c1-5-7-26(18-29(34)35-6-2)24-13-15-27(16-14-24)36-20-22-8-17-28-31-30(32-33(28)19-22)25-11-9-23(10-12-25)21(3)4/h8-17,19,21,26H,6,18,20H2,1-4H3. The monoisotopic (exact) mass is 481 g/mol. The van der Waals surface area contributed by atoms with Gasteiger partial charge in [0.25, 0.3) is 0 Å². The average molecular weight is 482 g/mol. The lowest BCUT2D eigenvalue weighted by Gasteiger charge is -2.12. The molecule has 6 nitrogen and oxygen atoms in total. The molecule has 2 aromatic heterocycles. The fraction of sp³-hybridized carbons (Fsp3) is 0.300. The number of hydrogen-bond donors (Lipinski definition) is 0. The fourth-order valence-corrected chi connectivity index (χ4v) is 3.93. The Labute approximate surface area is 212 Å². The van der Waals surface area contributed by atoms with E-state index in [1.807, 2.05) is 42.6 Å². The van der Waals surface area contributed by atoms with Gasteiger partial charge in [-0.2, -0.15) is 0 Å². The maximum atomic E-state index is 11.9. The number of esters is 1. The van der Waals surface area contributed by atoms with Gasteiger partial charge in [-0.25, -0.2) is 9.50 Å². The van der Waals surface area contributed by atoms with Crippen molar-refractivity contribution in [2.45, 2.75) is 52.6 Å². The largest absolute Gasteiger partial charge is 0.489 e. The Kier molecular flexibility index (Phi) is 8.02. The van der Waals surface area contributed by atoms with Gasteiger partial charge in [0.15, 0.2) is 11.5 Å². The van der Waals surface area contributed by atoms with Crippen LogP contribution in [0.1, 0.15) is 62.6 Å². The van der Waals surface area contributed by atoms with Gasteiger partial charge >= 0.3 is 5.97 Å². The molecule has 6 heteroatoms. The van der Waals surface area contributed by atoms with Crippen LogP contribution in [0.25, 0.3) is 17.0 Å². The van der Waals surface area contributed by atoms with Crippen molar-refractivity contribution in [3.8, 4) is 29.0 Å². The van der Waals surface area contributed by atoms with Gasteiger partial charge in [-0.3, -0.25) is 4.79 Å². The molecule has 2 aromatic carbocycles. The van der Waals surface area contributed by atoms with Crippen LogP contribution in [-0.2, 0) is 16.1 Å². The van der Waals surface area contributed by atoms with Gasteiger partial charge in [0, 0.05) is 17.3 Å². The van der Waals surface area contributed by atoms with Crippen molar-refractivity contribution >= 4 is 11.6 Å². The Bertz CT molecular complexity index is 1380. The van der Waals surface area contributed by atoms with Crippen LogP contribution in [0.15, 0.2) is 66.9 Å². The first kappa shape index (κ1) is 25.0. The Morgan fingerprint density at radius 2 is 1.72 bits per heavy atom. The van der Waals surface area contributed by atoms with Crippen LogP contribution in [0, 0.1) is 11.8 Å². The zero-order valence-electron chi connectivity index (χ0n) is 21.2. The SMILES string of the molecule is CC#CC(CC(=O)OCC)c1ccc(OCc2ccc3nc(-c4ccc(C(C)C)cc4)nn3c2)cc1. The van der Waals surface area contributed by atoms with Crippen molar-refractivity contribution in [2.24, 2.45) is 0 Å². The third-order valence-corrected chi connectivity index (χ3v) is 5.91. The highest BCUT2D eigenvalue weighted by Gasteiger charge is 2.15. The first-order chi connectivity index (χ1) is 17.5. The molecule has 0 aliphatic heterocycles. The molecule has 0 fully saturated rings. The lowest BCUT2D eigenvalue weighted by molar-refractivity contribution is -0.143. The summed E-state index contributed by atoms with van der Waals surface area (Å²) in [7, 11) is 0. The van der Waals surface area contributed by atoms with Crippen LogP contribution in [0.4, 0.5) is 0 Å². The Morgan fingerprint density at radius 1 is 1.00 bits per heavy atom. The van der Waals surface area contributed by atoms with Crippen molar-refractivity contribution in [1.29, 1.82) is 0 Å². The topological polar surface area (TPSA) is 65.7 Å². The molecule has 4 rings (SSSR count).